The van der Waals surface area contributed by atoms with Crippen LogP contribution in [0.15, 0.2) is 24.0 Å². The molecule has 2 aliphatic carbocycles. The molecule has 2 bridgehead atoms. The van der Waals surface area contributed by atoms with E-state index in [1.54, 1.807) is 19.3 Å². The minimum atomic E-state index is -1.31. The Kier molecular flexibility index (Phi) is 5.40. The molecular formula is C22H25NO8. The predicted molar refractivity (Wildman–Crippen MR) is 109 cm³/mol. The average Bonchev–Trinajstić information content (AvgIpc) is 3.05. The van der Waals surface area contributed by atoms with E-state index in [-0.39, 0.29) is 17.4 Å². The van der Waals surface area contributed by atoms with Gasteiger partial charge in [-0.2, -0.15) is 0 Å². The topological polar surface area (TPSA) is 102 Å². The highest BCUT2D eigenvalue weighted by atomic mass is 17.2. The first kappa shape index (κ1) is 21.2. The Labute approximate surface area is 179 Å². The lowest BCUT2D eigenvalue weighted by atomic mass is 9.81. The van der Waals surface area contributed by atoms with Crippen molar-refractivity contribution < 1.29 is 38.3 Å². The zero-order valence-corrected chi connectivity index (χ0v) is 18.1. The third kappa shape index (κ3) is 3.16. The van der Waals surface area contributed by atoms with Crippen LogP contribution in [0, 0.1) is 0 Å². The summed E-state index contributed by atoms with van der Waals surface area (Å²) in [7, 11) is 6.03. The number of ether oxygens (including phenoxy) is 4. The number of amides is 1. The van der Waals surface area contributed by atoms with E-state index in [0.29, 0.717) is 41.2 Å². The van der Waals surface area contributed by atoms with Crippen molar-refractivity contribution in [2.75, 3.05) is 28.4 Å². The number of rotatable bonds is 5. The standard InChI is InChI=1S/C22H25NO8/c1-11(24)23-17-7-6-12-8-15(26-2)20(28-4)21(29-5)18(12)13-9-14-19(25)16(27-3)10-22(13,17)31-30-14/h8-10,14,17H,6-7H2,1-5H3,(H,23,24)/t14-,17-,22-/m0/s1. The molecule has 31 heavy (non-hydrogen) atoms. The lowest BCUT2D eigenvalue weighted by molar-refractivity contribution is -0.351. The summed E-state index contributed by atoms with van der Waals surface area (Å²) in [4.78, 5) is 36.3. The lowest BCUT2D eigenvalue weighted by Gasteiger charge is -2.40. The van der Waals surface area contributed by atoms with E-state index >= 15 is 0 Å². The molecule has 0 radical (unpaired) electrons. The van der Waals surface area contributed by atoms with E-state index in [1.165, 1.54) is 28.3 Å². The van der Waals surface area contributed by atoms with Crippen molar-refractivity contribution in [3.63, 3.8) is 0 Å². The second-order valence-electron chi connectivity index (χ2n) is 7.52. The highest BCUT2D eigenvalue weighted by Gasteiger charge is 2.54. The third-order valence-electron chi connectivity index (χ3n) is 5.87. The summed E-state index contributed by atoms with van der Waals surface area (Å²) in [5.74, 6) is 0.879. The van der Waals surface area contributed by atoms with Crippen LogP contribution in [0.25, 0.3) is 5.57 Å². The number of carbonyl (C=O) groups is 2. The molecule has 9 heteroatoms. The number of nitrogens with one attached hydrogen (secondary N) is 1. The zero-order chi connectivity index (χ0) is 22.3. The quantitative estimate of drug-likeness (QED) is 0.704. The molecule has 4 aliphatic rings. The van der Waals surface area contributed by atoms with Gasteiger partial charge in [0.15, 0.2) is 29.0 Å². The Morgan fingerprint density at radius 2 is 1.87 bits per heavy atom. The molecule has 166 valence electrons. The average molecular weight is 431 g/mol. The number of Topliss-reactive ketones (excluding diaryl/α,β-unsaturated/α-hetero) is 1. The molecule has 0 fully saturated rings. The van der Waals surface area contributed by atoms with Crippen molar-refractivity contribution >= 4 is 17.3 Å². The maximum atomic E-state index is 12.9. The molecular weight excluding hydrogens is 406 g/mol. The van der Waals surface area contributed by atoms with Gasteiger partial charge in [-0.25, -0.2) is 9.78 Å². The van der Waals surface area contributed by atoms with Crippen LogP contribution in [0.3, 0.4) is 0 Å². The zero-order valence-electron chi connectivity index (χ0n) is 18.1. The summed E-state index contributed by atoms with van der Waals surface area (Å²) < 4.78 is 22.2. The first-order chi connectivity index (χ1) is 14.9. The van der Waals surface area contributed by atoms with Gasteiger partial charge in [-0.15, -0.1) is 0 Å². The van der Waals surface area contributed by atoms with Crippen LogP contribution in [0.5, 0.6) is 17.2 Å². The van der Waals surface area contributed by atoms with Crippen LogP contribution in [-0.2, 0) is 30.5 Å². The number of carbonyl (C=O) groups excluding carboxylic acids is 2. The fourth-order valence-corrected chi connectivity index (χ4v) is 4.54. The van der Waals surface area contributed by atoms with Crippen LogP contribution in [0.2, 0.25) is 0 Å². The number of hydrogen-bond acceptors (Lipinski definition) is 8. The molecule has 9 nitrogen and oxygen atoms in total. The van der Waals surface area contributed by atoms with Crippen LogP contribution < -0.4 is 19.5 Å². The molecule has 0 unspecified atom stereocenters. The fourth-order valence-electron chi connectivity index (χ4n) is 4.54. The molecule has 3 atom stereocenters. The lowest BCUT2D eigenvalue weighted by Crippen LogP contribution is -2.54. The number of aryl methyl sites for hydroxylation is 1. The van der Waals surface area contributed by atoms with Crippen LogP contribution in [0.1, 0.15) is 24.5 Å². The summed E-state index contributed by atoms with van der Waals surface area (Å²) in [6, 6.07) is 1.34. The Balaban J connectivity index is 2.06. The number of ketones is 1. The van der Waals surface area contributed by atoms with Crippen molar-refractivity contribution in [3.8, 4) is 17.2 Å². The van der Waals surface area contributed by atoms with Crippen LogP contribution >= 0.6 is 0 Å². The highest BCUT2D eigenvalue weighted by molar-refractivity contribution is 6.03. The second kappa shape index (κ2) is 7.90. The van der Waals surface area contributed by atoms with Gasteiger partial charge < -0.3 is 24.3 Å². The maximum Gasteiger partial charge on any atom is 0.233 e. The molecule has 5 rings (SSSR count). The van der Waals surface area contributed by atoms with Crippen molar-refractivity contribution in [2.45, 2.75) is 37.5 Å². The highest BCUT2D eigenvalue weighted by Crippen LogP contribution is 2.53. The van der Waals surface area contributed by atoms with Gasteiger partial charge in [0.25, 0.3) is 0 Å². The van der Waals surface area contributed by atoms with E-state index in [9.17, 15) is 9.59 Å². The summed E-state index contributed by atoms with van der Waals surface area (Å²) in [6.45, 7) is 1.43. The molecule has 1 spiro atoms. The molecule has 1 aromatic rings. The van der Waals surface area contributed by atoms with Gasteiger partial charge in [-0.3, -0.25) is 9.59 Å². The van der Waals surface area contributed by atoms with Crippen molar-refractivity contribution in [1.82, 2.24) is 5.32 Å². The van der Waals surface area contributed by atoms with Crippen LogP contribution in [0.4, 0.5) is 0 Å². The van der Waals surface area contributed by atoms with Gasteiger partial charge in [0.2, 0.25) is 17.4 Å². The van der Waals surface area contributed by atoms with E-state index in [1.807, 2.05) is 6.07 Å². The molecule has 0 saturated carbocycles. The molecule has 1 aromatic carbocycles. The van der Waals surface area contributed by atoms with E-state index in [2.05, 4.69) is 5.32 Å². The van der Waals surface area contributed by atoms with E-state index < -0.39 is 17.7 Å². The summed E-state index contributed by atoms with van der Waals surface area (Å²) in [5.41, 5.74) is 0.942. The SMILES string of the molecule is COC1=C[C@]23OO[C@@H](C=C2c2c(cc(OC)c(OC)c2OC)CC[C@@H]3NC(C)=O)C1=O. The first-order valence-electron chi connectivity index (χ1n) is 9.87. The third-order valence-corrected chi connectivity index (χ3v) is 5.87. The van der Waals surface area contributed by atoms with Crippen LogP contribution in [-0.4, -0.2) is 57.9 Å². The number of benzene rings is 1. The Hall–Kier alpha value is -3.04. The van der Waals surface area contributed by atoms with Gasteiger partial charge in [-0.05, 0) is 30.5 Å². The van der Waals surface area contributed by atoms with Gasteiger partial charge in [0, 0.05) is 24.1 Å². The Morgan fingerprint density at radius 3 is 2.48 bits per heavy atom. The van der Waals surface area contributed by atoms with Crippen molar-refractivity contribution in [3.05, 3.63) is 35.1 Å². The summed E-state index contributed by atoms with van der Waals surface area (Å²) >= 11 is 0. The van der Waals surface area contributed by atoms with Gasteiger partial charge in [0.1, 0.15) is 0 Å². The molecule has 0 aromatic heterocycles. The molecule has 2 heterocycles. The van der Waals surface area contributed by atoms with E-state index in [0.717, 1.165) is 5.56 Å². The second-order valence-corrected chi connectivity index (χ2v) is 7.52. The van der Waals surface area contributed by atoms with E-state index in [4.69, 9.17) is 28.7 Å². The fraction of sp³-hybridized carbons (Fsp3) is 0.455. The first-order valence-corrected chi connectivity index (χ1v) is 9.87. The minimum absolute atomic E-state index is 0.104. The Morgan fingerprint density at radius 1 is 1.13 bits per heavy atom. The van der Waals surface area contributed by atoms with Gasteiger partial charge >= 0.3 is 0 Å². The van der Waals surface area contributed by atoms with Gasteiger partial charge in [-0.1, -0.05) is 0 Å². The number of methoxy groups -OCH3 is 4. The van der Waals surface area contributed by atoms with Crippen molar-refractivity contribution in [2.24, 2.45) is 0 Å². The molecule has 2 aliphatic heterocycles. The summed E-state index contributed by atoms with van der Waals surface area (Å²) in [5, 5.41) is 2.95. The minimum Gasteiger partial charge on any atom is -0.493 e. The summed E-state index contributed by atoms with van der Waals surface area (Å²) in [6.07, 6.45) is 3.35. The normalized spacial score (nSPS) is 26.4. The molecule has 1 N–H and O–H groups in total. The number of fused-ring (bicyclic) bond motifs is 3. The molecule has 0 saturated heterocycles. The van der Waals surface area contributed by atoms with Gasteiger partial charge in [0.05, 0.1) is 34.5 Å². The Bertz CT molecular complexity index is 998. The largest absolute Gasteiger partial charge is 0.493 e. The predicted octanol–water partition coefficient (Wildman–Crippen LogP) is 1.73. The maximum absolute atomic E-state index is 12.9. The monoisotopic (exact) mass is 431 g/mol. The van der Waals surface area contributed by atoms with Crippen molar-refractivity contribution in [1.29, 1.82) is 0 Å². The molecule has 1 amide bonds. The number of hydrogen-bond donors (Lipinski definition) is 1. The smallest absolute Gasteiger partial charge is 0.233 e.